The second kappa shape index (κ2) is 2.55. The minimum Gasteiger partial charge on any atom is -0.507 e. The Balaban J connectivity index is 2.54. The molecule has 0 unspecified atom stereocenters. The first-order valence-corrected chi connectivity index (χ1v) is 3.99. The van der Waals surface area contributed by atoms with Gasteiger partial charge in [0, 0.05) is 0 Å². The van der Waals surface area contributed by atoms with Gasteiger partial charge in [0.1, 0.15) is 11.5 Å². The summed E-state index contributed by atoms with van der Waals surface area (Å²) in [7, 11) is 0. The number of benzene rings is 1. The monoisotopic (exact) mass is 162 g/mol. The van der Waals surface area contributed by atoms with Crippen molar-refractivity contribution in [1.82, 2.24) is 0 Å². The average Bonchev–Trinajstić information content (AvgIpc) is 1.93. The first-order valence-electron chi connectivity index (χ1n) is 3.99. The number of phenols is 2. The summed E-state index contributed by atoms with van der Waals surface area (Å²) in [4.78, 5) is 0. The molecule has 0 aromatic heterocycles. The van der Waals surface area contributed by atoms with Crippen molar-refractivity contribution >= 4 is 5.57 Å². The molecular weight excluding hydrogens is 152 g/mol. The van der Waals surface area contributed by atoms with Gasteiger partial charge >= 0.3 is 0 Å². The van der Waals surface area contributed by atoms with Crippen LogP contribution < -0.4 is 0 Å². The van der Waals surface area contributed by atoms with Crippen LogP contribution in [-0.2, 0) is 0 Å². The fraction of sp³-hybridized carbons (Fsp3) is 0.200. The molecule has 1 aromatic carbocycles. The Morgan fingerprint density at radius 3 is 2.08 bits per heavy atom. The van der Waals surface area contributed by atoms with Gasteiger partial charge in [-0.1, -0.05) is 12.1 Å². The van der Waals surface area contributed by atoms with Crippen LogP contribution in [0.15, 0.2) is 24.3 Å². The Kier molecular flexibility index (Phi) is 1.54. The molecule has 0 saturated heterocycles. The molecule has 1 aliphatic rings. The highest BCUT2D eigenvalue weighted by molar-refractivity contribution is 5.77. The summed E-state index contributed by atoms with van der Waals surface area (Å²) >= 11 is 0. The van der Waals surface area contributed by atoms with Crippen molar-refractivity contribution < 1.29 is 10.2 Å². The number of hydrogen-bond donors (Lipinski definition) is 2. The average molecular weight is 162 g/mol. The number of phenolic OH excluding ortho intramolecular Hbond substituents is 2. The van der Waals surface area contributed by atoms with E-state index in [1.165, 1.54) is 0 Å². The second-order valence-electron chi connectivity index (χ2n) is 2.94. The van der Waals surface area contributed by atoms with Gasteiger partial charge < -0.3 is 10.2 Å². The molecule has 12 heavy (non-hydrogen) atoms. The van der Waals surface area contributed by atoms with E-state index in [1.54, 1.807) is 18.2 Å². The molecule has 0 bridgehead atoms. The summed E-state index contributed by atoms with van der Waals surface area (Å²) in [5.41, 5.74) is 1.65. The van der Waals surface area contributed by atoms with Crippen LogP contribution in [0.5, 0.6) is 11.5 Å². The predicted molar refractivity (Wildman–Crippen MR) is 47.0 cm³/mol. The van der Waals surface area contributed by atoms with Crippen molar-refractivity contribution in [3.63, 3.8) is 0 Å². The van der Waals surface area contributed by atoms with Crippen LogP contribution >= 0.6 is 0 Å². The topological polar surface area (TPSA) is 40.5 Å². The van der Waals surface area contributed by atoms with Crippen LogP contribution in [0.2, 0.25) is 0 Å². The van der Waals surface area contributed by atoms with Crippen LogP contribution in [0.4, 0.5) is 0 Å². The summed E-state index contributed by atoms with van der Waals surface area (Å²) < 4.78 is 0. The minimum absolute atomic E-state index is 0.168. The number of hydrogen-bond acceptors (Lipinski definition) is 2. The lowest BCUT2D eigenvalue weighted by atomic mass is 9.91. The lowest BCUT2D eigenvalue weighted by molar-refractivity contribution is 0.446. The molecular formula is C10H10O2. The summed E-state index contributed by atoms with van der Waals surface area (Å²) in [6.45, 7) is 0. The van der Waals surface area contributed by atoms with Crippen molar-refractivity contribution in [2.45, 2.75) is 12.8 Å². The van der Waals surface area contributed by atoms with E-state index in [9.17, 15) is 10.2 Å². The maximum atomic E-state index is 9.43. The van der Waals surface area contributed by atoms with Gasteiger partial charge in [0.25, 0.3) is 0 Å². The van der Waals surface area contributed by atoms with E-state index >= 15 is 0 Å². The van der Waals surface area contributed by atoms with Crippen molar-refractivity contribution in [3.8, 4) is 11.5 Å². The molecule has 0 saturated carbocycles. The third kappa shape index (κ3) is 0.961. The SMILES string of the molecule is Oc1cccc(O)c1C1=CCC1. The van der Waals surface area contributed by atoms with Crippen molar-refractivity contribution in [2.75, 3.05) is 0 Å². The van der Waals surface area contributed by atoms with E-state index in [0.717, 1.165) is 18.4 Å². The summed E-state index contributed by atoms with van der Waals surface area (Å²) in [5, 5.41) is 18.9. The zero-order chi connectivity index (χ0) is 8.55. The molecule has 2 heteroatoms. The highest BCUT2D eigenvalue weighted by Gasteiger charge is 2.15. The third-order valence-electron chi connectivity index (χ3n) is 2.15. The molecule has 0 atom stereocenters. The Hall–Kier alpha value is -1.44. The zero-order valence-corrected chi connectivity index (χ0v) is 6.62. The van der Waals surface area contributed by atoms with Crippen molar-refractivity contribution in [3.05, 3.63) is 29.8 Å². The lowest BCUT2D eigenvalue weighted by Gasteiger charge is -2.16. The second-order valence-corrected chi connectivity index (χ2v) is 2.94. The number of aromatic hydroxyl groups is 2. The van der Waals surface area contributed by atoms with Crippen LogP contribution in [0, 0.1) is 0 Å². The lowest BCUT2D eigenvalue weighted by Crippen LogP contribution is -1.94. The molecule has 0 radical (unpaired) electrons. The quantitative estimate of drug-likeness (QED) is 0.665. The largest absolute Gasteiger partial charge is 0.507 e. The van der Waals surface area contributed by atoms with Gasteiger partial charge in [-0.25, -0.2) is 0 Å². The first kappa shape index (κ1) is 7.22. The minimum atomic E-state index is 0.168. The van der Waals surface area contributed by atoms with E-state index in [0.29, 0.717) is 5.56 Å². The zero-order valence-electron chi connectivity index (χ0n) is 6.62. The van der Waals surface area contributed by atoms with Crippen LogP contribution in [0.1, 0.15) is 18.4 Å². The smallest absolute Gasteiger partial charge is 0.126 e. The standard InChI is InChI=1S/C10H10O2/c11-8-5-2-6-9(12)10(8)7-3-1-4-7/h2-3,5-6,11-12H,1,4H2. The molecule has 1 aromatic rings. The Morgan fingerprint density at radius 2 is 1.67 bits per heavy atom. The van der Waals surface area contributed by atoms with Gasteiger partial charge in [-0.3, -0.25) is 0 Å². The first-order chi connectivity index (χ1) is 5.79. The Morgan fingerprint density at radius 1 is 1.08 bits per heavy atom. The predicted octanol–water partition coefficient (Wildman–Crippen LogP) is 2.28. The fourth-order valence-electron chi connectivity index (χ4n) is 1.37. The van der Waals surface area contributed by atoms with E-state index in [2.05, 4.69) is 0 Å². The fourth-order valence-corrected chi connectivity index (χ4v) is 1.37. The van der Waals surface area contributed by atoms with Gasteiger partial charge in [0.15, 0.2) is 0 Å². The summed E-state index contributed by atoms with van der Waals surface area (Å²) in [6.07, 6.45) is 4.02. The molecule has 0 amide bonds. The van der Waals surface area contributed by atoms with Crippen molar-refractivity contribution in [2.24, 2.45) is 0 Å². The molecule has 2 rings (SSSR count). The van der Waals surface area contributed by atoms with Crippen LogP contribution in [-0.4, -0.2) is 10.2 Å². The molecule has 0 spiro atoms. The van der Waals surface area contributed by atoms with E-state index < -0.39 is 0 Å². The number of rotatable bonds is 1. The van der Waals surface area contributed by atoms with Gasteiger partial charge in [0.2, 0.25) is 0 Å². The highest BCUT2D eigenvalue weighted by atomic mass is 16.3. The number of allylic oxidation sites excluding steroid dienone is 2. The van der Waals surface area contributed by atoms with Gasteiger partial charge in [0.05, 0.1) is 5.56 Å². The van der Waals surface area contributed by atoms with E-state index in [4.69, 9.17) is 0 Å². The van der Waals surface area contributed by atoms with Crippen LogP contribution in [0.25, 0.3) is 5.57 Å². The third-order valence-corrected chi connectivity index (χ3v) is 2.15. The van der Waals surface area contributed by atoms with Crippen LogP contribution in [0.3, 0.4) is 0 Å². The van der Waals surface area contributed by atoms with E-state index in [1.807, 2.05) is 6.08 Å². The molecule has 62 valence electrons. The maximum Gasteiger partial charge on any atom is 0.126 e. The van der Waals surface area contributed by atoms with Gasteiger partial charge in [-0.05, 0) is 30.5 Å². The van der Waals surface area contributed by atoms with E-state index in [-0.39, 0.29) is 11.5 Å². The highest BCUT2D eigenvalue weighted by Crippen LogP contribution is 2.39. The molecule has 2 nitrogen and oxygen atoms in total. The molecule has 2 N–H and O–H groups in total. The summed E-state index contributed by atoms with van der Waals surface area (Å²) in [6, 6.07) is 4.82. The normalized spacial score (nSPS) is 15.2. The van der Waals surface area contributed by atoms with Gasteiger partial charge in [-0.2, -0.15) is 0 Å². The molecule has 0 heterocycles. The maximum absolute atomic E-state index is 9.43. The molecule has 0 aliphatic heterocycles. The van der Waals surface area contributed by atoms with Gasteiger partial charge in [-0.15, -0.1) is 0 Å². The Labute approximate surface area is 70.8 Å². The molecule has 1 aliphatic carbocycles. The summed E-state index contributed by atoms with van der Waals surface area (Å²) in [5.74, 6) is 0.335. The van der Waals surface area contributed by atoms with Crippen molar-refractivity contribution in [1.29, 1.82) is 0 Å². The Bertz CT molecular complexity index is 319. The molecule has 0 fully saturated rings.